The van der Waals surface area contributed by atoms with Crippen LogP contribution in [0.5, 0.6) is 0 Å². The Hall–Kier alpha value is -1.36. The standard InChI is InChI=1S/C12H9Cl2N3S/c13-10-4-3-8(6-11(10)14)16-12(18)17-9-2-1-5-15-7-9/h1-7H,(H2,16,17,18). The van der Waals surface area contributed by atoms with Gasteiger partial charge in [0.2, 0.25) is 0 Å². The number of hydrogen-bond donors (Lipinski definition) is 2. The van der Waals surface area contributed by atoms with Gasteiger partial charge in [-0.1, -0.05) is 23.2 Å². The molecule has 1 aromatic carbocycles. The van der Waals surface area contributed by atoms with Gasteiger partial charge in [-0.05, 0) is 42.5 Å². The summed E-state index contributed by atoms with van der Waals surface area (Å²) in [6, 6.07) is 8.91. The van der Waals surface area contributed by atoms with E-state index < -0.39 is 0 Å². The highest BCUT2D eigenvalue weighted by atomic mass is 35.5. The molecule has 0 amide bonds. The van der Waals surface area contributed by atoms with Crippen molar-refractivity contribution in [2.75, 3.05) is 10.6 Å². The monoisotopic (exact) mass is 297 g/mol. The Labute approximate surface area is 120 Å². The molecule has 92 valence electrons. The largest absolute Gasteiger partial charge is 0.332 e. The fraction of sp³-hybridized carbons (Fsp3) is 0. The van der Waals surface area contributed by atoms with Crippen molar-refractivity contribution in [3.8, 4) is 0 Å². The summed E-state index contributed by atoms with van der Waals surface area (Å²) in [7, 11) is 0. The Bertz CT molecular complexity index is 561. The van der Waals surface area contributed by atoms with Gasteiger partial charge in [0.25, 0.3) is 0 Å². The zero-order chi connectivity index (χ0) is 13.0. The maximum atomic E-state index is 5.91. The number of benzene rings is 1. The lowest BCUT2D eigenvalue weighted by Gasteiger charge is -2.10. The van der Waals surface area contributed by atoms with Crippen molar-refractivity contribution in [1.82, 2.24) is 4.98 Å². The third-order valence-corrected chi connectivity index (χ3v) is 3.04. The van der Waals surface area contributed by atoms with Crippen LogP contribution in [0.2, 0.25) is 10.0 Å². The Kier molecular flexibility index (Phi) is 4.36. The van der Waals surface area contributed by atoms with Crippen LogP contribution in [0.3, 0.4) is 0 Å². The summed E-state index contributed by atoms with van der Waals surface area (Å²) in [5.74, 6) is 0. The summed E-state index contributed by atoms with van der Waals surface area (Å²) < 4.78 is 0. The van der Waals surface area contributed by atoms with Crippen LogP contribution in [0.15, 0.2) is 42.7 Å². The molecule has 2 rings (SSSR count). The van der Waals surface area contributed by atoms with Crippen molar-refractivity contribution >= 4 is 51.9 Å². The lowest BCUT2D eigenvalue weighted by Crippen LogP contribution is -2.19. The van der Waals surface area contributed by atoms with Gasteiger partial charge < -0.3 is 10.6 Å². The molecule has 0 radical (unpaired) electrons. The molecule has 0 aliphatic carbocycles. The number of halogens is 2. The van der Waals surface area contributed by atoms with Gasteiger partial charge in [0.05, 0.1) is 21.9 Å². The topological polar surface area (TPSA) is 37.0 Å². The maximum absolute atomic E-state index is 5.91. The number of nitrogens with one attached hydrogen (secondary N) is 2. The second kappa shape index (κ2) is 6.00. The van der Waals surface area contributed by atoms with Gasteiger partial charge in [0.1, 0.15) is 0 Å². The summed E-state index contributed by atoms with van der Waals surface area (Å²) in [5.41, 5.74) is 1.58. The van der Waals surface area contributed by atoms with E-state index in [1.807, 2.05) is 12.1 Å². The fourth-order valence-corrected chi connectivity index (χ4v) is 1.84. The molecule has 0 bridgehead atoms. The fourth-order valence-electron chi connectivity index (χ4n) is 1.30. The lowest BCUT2D eigenvalue weighted by molar-refractivity contribution is 1.33. The van der Waals surface area contributed by atoms with Crippen LogP contribution in [0, 0.1) is 0 Å². The first-order valence-electron chi connectivity index (χ1n) is 5.08. The first-order chi connectivity index (χ1) is 8.65. The molecule has 0 aliphatic rings. The molecule has 18 heavy (non-hydrogen) atoms. The predicted molar refractivity (Wildman–Crippen MR) is 80.5 cm³/mol. The predicted octanol–water partition coefficient (Wildman–Crippen LogP) is 4.20. The molecule has 2 N–H and O–H groups in total. The van der Waals surface area contributed by atoms with Gasteiger partial charge in [-0.15, -0.1) is 0 Å². The van der Waals surface area contributed by atoms with Crippen LogP contribution in [-0.4, -0.2) is 10.1 Å². The second-order valence-electron chi connectivity index (χ2n) is 3.45. The highest BCUT2D eigenvalue weighted by Gasteiger charge is 2.02. The van der Waals surface area contributed by atoms with E-state index in [2.05, 4.69) is 15.6 Å². The van der Waals surface area contributed by atoms with Crippen LogP contribution in [0.4, 0.5) is 11.4 Å². The van der Waals surface area contributed by atoms with Gasteiger partial charge in [-0.25, -0.2) is 0 Å². The van der Waals surface area contributed by atoms with Crippen molar-refractivity contribution in [2.24, 2.45) is 0 Å². The van der Waals surface area contributed by atoms with Crippen LogP contribution >= 0.6 is 35.4 Å². The number of pyridine rings is 1. The molecule has 0 fully saturated rings. The van der Waals surface area contributed by atoms with Gasteiger partial charge >= 0.3 is 0 Å². The lowest BCUT2D eigenvalue weighted by atomic mass is 10.3. The summed E-state index contributed by atoms with van der Waals surface area (Å²) >= 11 is 16.9. The first kappa shape index (κ1) is 13.1. The van der Waals surface area contributed by atoms with E-state index in [-0.39, 0.29) is 0 Å². The van der Waals surface area contributed by atoms with Crippen LogP contribution in [-0.2, 0) is 0 Å². The van der Waals surface area contributed by atoms with E-state index in [1.165, 1.54) is 0 Å². The second-order valence-corrected chi connectivity index (χ2v) is 4.67. The molecule has 0 unspecified atom stereocenters. The molecule has 0 saturated carbocycles. The number of rotatable bonds is 2. The number of anilines is 2. The van der Waals surface area contributed by atoms with Crippen molar-refractivity contribution in [2.45, 2.75) is 0 Å². The normalized spacial score (nSPS) is 9.89. The van der Waals surface area contributed by atoms with Crippen LogP contribution in [0.1, 0.15) is 0 Å². The van der Waals surface area contributed by atoms with Gasteiger partial charge in [0.15, 0.2) is 5.11 Å². The van der Waals surface area contributed by atoms with E-state index in [1.54, 1.807) is 30.6 Å². The quantitative estimate of drug-likeness (QED) is 0.815. The zero-order valence-electron chi connectivity index (χ0n) is 9.15. The third-order valence-electron chi connectivity index (χ3n) is 2.10. The highest BCUT2D eigenvalue weighted by Crippen LogP contribution is 2.25. The van der Waals surface area contributed by atoms with E-state index in [0.29, 0.717) is 15.2 Å². The van der Waals surface area contributed by atoms with E-state index >= 15 is 0 Å². The molecular weight excluding hydrogens is 289 g/mol. The third kappa shape index (κ3) is 3.57. The average Bonchev–Trinajstić information content (AvgIpc) is 2.35. The molecule has 0 aliphatic heterocycles. The minimum absolute atomic E-state index is 0.460. The Morgan fingerprint density at radius 1 is 1.06 bits per heavy atom. The van der Waals surface area contributed by atoms with E-state index in [4.69, 9.17) is 35.4 Å². The minimum Gasteiger partial charge on any atom is -0.332 e. The van der Waals surface area contributed by atoms with Gasteiger partial charge in [-0.2, -0.15) is 0 Å². The molecule has 6 heteroatoms. The summed E-state index contributed by atoms with van der Waals surface area (Å²) in [4.78, 5) is 3.98. The van der Waals surface area contributed by atoms with Crippen molar-refractivity contribution in [3.63, 3.8) is 0 Å². The number of hydrogen-bond acceptors (Lipinski definition) is 2. The Balaban J connectivity index is 2.01. The molecular formula is C12H9Cl2N3S. The van der Waals surface area contributed by atoms with Crippen molar-refractivity contribution < 1.29 is 0 Å². The van der Waals surface area contributed by atoms with E-state index in [0.717, 1.165) is 11.4 Å². The van der Waals surface area contributed by atoms with Crippen molar-refractivity contribution in [3.05, 3.63) is 52.8 Å². The SMILES string of the molecule is S=C(Nc1cccnc1)Nc1ccc(Cl)c(Cl)c1. The Morgan fingerprint density at radius 3 is 2.50 bits per heavy atom. The summed E-state index contributed by atoms with van der Waals surface area (Å²) in [6.07, 6.45) is 3.38. The first-order valence-corrected chi connectivity index (χ1v) is 6.24. The zero-order valence-corrected chi connectivity index (χ0v) is 11.5. The van der Waals surface area contributed by atoms with E-state index in [9.17, 15) is 0 Å². The van der Waals surface area contributed by atoms with Gasteiger partial charge in [0, 0.05) is 11.9 Å². The van der Waals surface area contributed by atoms with Gasteiger partial charge in [-0.3, -0.25) is 4.98 Å². The number of thiocarbonyl (C=S) groups is 1. The number of nitrogens with zero attached hydrogens (tertiary/aromatic N) is 1. The van der Waals surface area contributed by atoms with Crippen molar-refractivity contribution in [1.29, 1.82) is 0 Å². The molecule has 1 heterocycles. The molecule has 0 atom stereocenters. The maximum Gasteiger partial charge on any atom is 0.175 e. The average molecular weight is 298 g/mol. The molecule has 1 aromatic heterocycles. The highest BCUT2D eigenvalue weighted by molar-refractivity contribution is 7.80. The minimum atomic E-state index is 0.460. The molecule has 0 saturated heterocycles. The van der Waals surface area contributed by atoms with Crippen LogP contribution in [0.25, 0.3) is 0 Å². The molecule has 2 aromatic rings. The van der Waals surface area contributed by atoms with Crippen LogP contribution < -0.4 is 10.6 Å². The molecule has 3 nitrogen and oxygen atoms in total. The summed E-state index contributed by atoms with van der Waals surface area (Å²) in [6.45, 7) is 0. The smallest absolute Gasteiger partial charge is 0.175 e. The number of aromatic nitrogens is 1. The summed E-state index contributed by atoms with van der Waals surface area (Å²) in [5, 5.41) is 7.46. The molecule has 0 spiro atoms. The Morgan fingerprint density at radius 2 is 1.83 bits per heavy atom.